The standard InChI is InChI=1S/C18H22N8O/c19-7-13-8-23-17(11-21-13)24-16-6-15(18(26-25-16)12-2-1-3-12)22-10-14-9-20-4-5-27-14/h6,8,11-12,14,20H,1-5,9-10H2,(H2,22,23,24,25)/t14-/m1/s1. The summed E-state index contributed by atoms with van der Waals surface area (Å²) in [5, 5.41) is 27.5. The van der Waals surface area contributed by atoms with Crippen molar-refractivity contribution >= 4 is 17.3 Å². The SMILES string of the molecule is N#Cc1cnc(Nc2cc(NC[C@H]3CNCCO3)c(C3CCC3)nn2)cn1. The maximum atomic E-state index is 8.81. The molecule has 9 heteroatoms. The Bertz CT molecular complexity index is 809. The maximum absolute atomic E-state index is 8.81. The molecule has 2 aliphatic rings. The smallest absolute Gasteiger partial charge is 0.158 e. The van der Waals surface area contributed by atoms with Gasteiger partial charge in [-0.25, -0.2) is 9.97 Å². The van der Waals surface area contributed by atoms with Crippen molar-refractivity contribution in [3.8, 4) is 6.07 Å². The molecule has 4 rings (SSSR count). The Morgan fingerprint density at radius 3 is 2.81 bits per heavy atom. The summed E-state index contributed by atoms with van der Waals surface area (Å²) in [4.78, 5) is 8.17. The van der Waals surface area contributed by atoms with Gasteiger partial charge >= 0.3 is 0 Å². The van der Waals surface area contributed by atoms with Gasteiger partial charge in [-0.2, -0.15) is 10.4 Å². The van der Waals surface area contributed by atoms with E-state index in [2.05, 4.69) is 36.1 Å². The van der Waals surface area contributed by atoms with Crippen LogP contribution >= 0.6 is 0 Å². The van der Waals surface area contributed by atoms with E-state index >= 15 is 0 Å². The minimum absolute atomic E-state index is 0.141. The summed E-state index contributed by atoms with van der Waals surface area (Å²) in [6.07, 6.45) is 6.61. The summed E-state index contributed by atoms with van der Waals surface area (Å²) in [6, 6.07) is 3.91. The van der Waals surface area contributed by atoms with Crippen LogP contribution in [-0.4, -0.2) is 52.5 Å². The Balaban J connectivity index is 1.49. The summed E-state index contributed by atoms with van der Waals surface area (Å²) in [7, 11) is 0. The van der Waals surface area contributed by atoms with E-state index in [9.17, 15) is 0 Å². The molecule has 0 unspecified atom stereocenters. The van der Waals surface area contributed by atoms with E-state index in [1.807, 2.05) is 12.1 Å². The van der Waals surface area contributed by atoms with Crippen molar-refractivity contribution in [2.24, 2.45) is 0 Å². The molecule has 1 saturated heterocycles. The number of morpholine rings is 1. The zero-order valence-electron chi connectivity index (χ0n) is 15.0. The molecule has 3 heterocycles. The molecule has 1 aliphatic carbocycles. The summed E-state index contributed by atoms with van der Waals surface area (Å²) < 4.78 is 5.77. The molecular weight excluding hydrogens is 344 g/mol. The van der Waals surface area contributed by atoms with Crippen LogP contribution in [0, 0.1) is 11.3 Å². The van der Waals surface area contributed by atoms with Crippen molar-refractivity contribution in [1.82, 2.24) is 25.5 Å². The second kappa shape index (κ2) is 8.24. The van der Waals surface area contributed by atoms with E-state index in [1.54, 1.807) is 0 Å². The number of rotatable bonds is 6. The monoisotopic (exact) mass is 366 g/mol. The Kier molecular flexibility index (Phi) is 5.37. The van der Waals surface area contributed by atoms with E-state index in [4.69, 9.17) is 10.00 Å². The molecule has 2 aromatic rings. The average molecular weight is 366 g/mol. The highest BCUT2D eigenvalue weighted by Crippen LogP contribution is 2.39. The lowest BCUT2D eigenvalue weighted by atomic mass is 9.82. The van der Waals surface area contributed by atoms with Crippen LogP contribution < -0.4 is 16.0 Å². The van der Waals surface area contributed by atoms with Gasteiger partial charge in [-0.15, -0.1) is 5.10 Å². The topological polar surface area (TPSA) is 121 Å². The fourth-order valence-electron chi connectivity index (χ4n) is 3.14. The normalized spacial score (nSPS) is 19.7. The van der Waals surface area contributed by atoms with Crippen LogP contribution in [0.2, 0.25) is 0 Å². The lowest BCUT2D eigenvalue weighted by Gasteiger charge is -2.28. The molecule has 140 valence electrons. The third-order valence-electron chi connectivity index (χ3n) is 4.86. The van der Waals surface area contributed by atoms with Gasteiger partial charge < -0.3 is 20.7 Å². The number of nitrogens with zero attached hydrogens (tertiary/aromatic N) is 5. The van der Waals surface area contributed by atoms with Crippen molar-refractivity contribution in [2.45, 2.75) is 31.3 Å². The van der Waals surface area contributed by atoms with Crippen molar-refractivity contribution in [2.75, 3.05) is 36.9 Å². The van der Waals surface area contributed by atoms with Crippen LogP contribution in [0.4, 0.5) is 17.3 Å². The summed E-state index contributed by atoms with van der Waals surface area (Å²) in [5.74, 6) is 1.57. The zero-order chi connectivity index (χ0) is 18.5. The molecule has 3 N–H and O–H groups in total. The van der Waals surface area contributed by atoms with Crippen molar-refractivity contribution < 1.29 is 4.74 Å². The third kappa shape index (κ3) is 4.30. The molecule has 1 atom stereocenters. The Morgan fingerprint density at radius 2 is 2.15 bits per heavy atom. The highest BCUT2D eigenvalue weighted by Gasteiger charge is 2.25. The Morgan fingerprint density at radius 1 is 1.22 bits per heavy atom. The lowest BCUT2D eigenvalue weighted by molar-refractivity contribution is 0.0372. The second-order valence-corrected chi connectivity index (χ2v) is 6.76. The largest absolute Gasteiger partial charge is 0.381 e. The quantitative estimate of drug-likeness (QED) is 0.699. The van der Waals surface area contributed by atoms with Crippen LogP contribution in [0.5, 0.6) is 0 Å². The minimum Gasteiger partial charge on any atom is -0.381 e. The van der Waals surface area contributed by atoms with Gasteiger partial charge in [-0.3, -0.25) is 0 Å². The number of aromatic nitrogens is 4. The van der Waals surface area contributed by atoms with Crippen LogP contribution in [0.15, 0.2) is 18.5 Å². The second-order valence-electron chi connectivity index (χ2n) is 6.76. The molecular formula is C18H22N8O. The predicted molar refractivity (Wildman–Crippen MR) is 99.8 cm³/mol. The van der Waals surface area contributed by atoms with E-state index < -0.39 is 0 Å². The number of nitrogens with one attached hydrogen (secondary N) is 3. The number of hydrogen-bond donors (Lipinski definition) is 3. The van der Waals surface area contributed by atoms with Crippen LogP contribution in [0.1, 0.15) is 36.6 Å². The maximum Gasteiger partial charge on any atom is 0.158 e. The molecule has 0 spiro atoms. The lowest BCUT2D eigenvalue weighted by Crippen LogP contribution is -2.42. The average Bonchev–Trinajstić information content (AvgIpc) is 2.68. The number of nitriles is 1. The highest BCUT2D eigenvalue weighted by molar-refractivity contribution is 5.60. The minimum atomic E-state index is 0.141. The fourth-order valence-corrected chi connectivity index (χ4v) is 3.14. The molecule has 0 bridgehead atoms. The molecule has 0 radical (unpaired) electrons. The van der Waals surface area contributed by atoms with Crippen molar-refractivity contribution in [1.29, 1.82) is 5.26 Å². The van der Waals surface area contributed by atoms with E-state index in [0.29, 0.717) is 24.1 Å². The summed E-state index contributed by atoms with van der Waals surface area (Å²) in [6.45, 7) is 3.20. The van der Waals surface area contributed by atoms with Crippen LogP contribution in [-0.2, 0) is 4.74 Å². The Hall–Kier alpha value is -2.83. The number of hydrogen-bond acceptors (Lipinski definition) is 9. The zero-order valence-corrected chi connectivity index (χ0v) is 15.0. The summed E-state index contributed by atoms with van der Waals surface area (Å²) >= 11 is 0. The fraction of sp³-hybridized carbons (Fsp3) is 0.500. The molecule has 9 nitrogen and oxygen atoms in total. The first-order valence-corrected chi connectivity index (χ1v) is 9.25. The highest BCUT2D eigenvalue weighted by atomic mass is 16.5. The molecule has 1 saturated carbocycles. The molecule has 27 heavy (non-hydrogen) atoms. The summed E-state index contributed by atoms with van der Waals surface area (Å²) in [5.41, 5.74) is 2.27. The molecule has 0 amide bonds. The van der Waals surface area contributed by atoms with Crippen molar-refractivity contribution in [3.05, 3.63) is 29.8 Å². The van der Waals surface area contributed by atoms with Gasteiger partial charge in [0, 0.05) is 31.6 Å². The number of ether oxygens (including phenoxy) is 1. The van der Waals surface area contributed by atoms with Gasteiger partial charge in [0.05, 0.1) is 36.5 Å². The van der Waals surface area contributed by atoms with E-state index in [1.165, 1.54) is 18.8 Å². The van der Waals surface area contributed by atoms with Gasteiger partial charge in [0.15, 0.2) is 11.5 Å². The van der Waals surface area contributed by atoms with E-state index in [0.717, 1.165) is 43.9 Å². The first kappa shape index (κ1) is 17.6. The first-order chi connectivity index (χ1) is 13.3. The van der Waals surface area contributed by atoms with Crippen LogP contribution in [0.25, 0.3) is 0 Å². The first-order valence-electron chi connectivity index (χ1n) is 9.25. The molecule has 2 fully saturated rings. The van der Waals surface area contributed by atoms with Crippen molar-refractivity contribution in [3.63, 3.8) is 0 Å². The van der Waals surface area contributed by atoms with E-state index in [-0.39, 0.29) is 11.8 Å². The van der Waals surface area contributed by atoms with Gasteiger partial charge in [0.2, 0.25) is 0 Å². The number of anilines is 3. The molecule has 0 aromatic carbocycles. The van der Waals surface area contributed by atoms with Crippen LogP contribution in [0.3, 0.4) is 0 Å². The third-order valence-corrected chi connectivity index (χ3v) is 4.86. The van der Waals surface area contributed by atoms with Gasteiger partial charge in [0.1, 0.15) is 11.9 Å². The van der Waals surface area contributed by atoms with Gasteiger partial charge in [-0.1, -0.05) is 6.42 Å². The molecule has 1 aliphatic heterocycles. The molecule has 2 aromatic heterocycles. The van der Waals surface area contributed by atoms with Gasteiger partial charge in [-0.05, 0) is 12.8 Å². The van der Waals surface area contributed by atoms with Gasteiger partial charge in [0.25, 0.3) is 0 Å². The Labute approximate surface area is 157 Å². The predicted octanol–water partition coefficient (Wildman–Crippen LogP) is 1.55.